The summed E-state index contributed by atoms with van der Waals surface area (Å²) in [6.45, 7) is 7.03. The Bertz CT molecular complexity index is 439. The fourth-order valence-electron chi connectivity index (χ4n) is 1.81. The molecule has 2 rings (SSSR count). The largest absolute Gasteiger partial charge is 0.444 e. The topological polar surface area (TPSA) is 47.4 Å². The van der Waals surface area contributed by atoms with Crippen molar-refractivity contribution in [3.8, 4) is 0 Å². The van der Waals surface area contributed by atoms with Crippen LogP contribution in [0.5, 0.6) is 0 Å². The first kappa shape index (κ1) is 13.6. The van der Waals surface area contributed by atoms with Crippen LogP contribution in [0.2, 0.25) is 0 Å². The summed E-state index contributed by atoms with van der Waals surface area (Å²) in [5, 5.41) is 4.43. The Kier molecular flexibility index (Phi) is 3.57. The number of likely N-dealkylation sites (tertiary alicyclic amines) is 1. The number of nitrogens with zero attached hydrogens (tertiary/aromatic N) is 3. The molecule has 0 radical (unpaired) electrons. The van der Waals surface area contributed by atoms with Gasteiger partial charge in [-0.2, -0.15) is 5.10 Å². The van der Waals surface area contributed by atoms with Gasteiger partial charge in [-0.25, -0.2) is 4.79 Å². The zero-order chi connectivity index (χ0) is 13.5. The zero-order valence-corrected chi connectivity index (χ0v) is 13.3. The number of aromatic nitrogens is 2. The smallest absolute Gasteiger partial charge is 0.410 e. The van der Waals surface area contributed by atoms with Crippen molar-refractivity contribution in [3.63, 3.8) is 0 Å². The molecule has 0 saturated carbocycles. The molecule has 0 bridgehead atoms. The molecule has 2 heterocycles. The van der Waals surface area contributed by atoms with E-state index in [-0.39, 0.29) is 6.09 Å². The average molecular weight is 363 g/mol. The van der Waals surface area contributed by atoms with E-state index in [4.69, 9.17) is 4.74 Å². The predicted molar refractivity (Wildman–Crippen MR) is 76.5 cm³/mol. The molecule has 5 nitrogen and oxygen atoms in total. The van der Waals surface area contributed by atoms with Crippen molar-refractivity contribution in [1.29, 1.82) is 0 Å². The van der Waals surface area contributed by atoms with E-state index in [2.05, 4.69) is 33.8 Å². The maximum atomic E-state index is 11.8. The Hall–Kier alpha value is -0.790. The van der Waals surface area contributed by atoms with Gasteiger partial charge in [0, 0.05) is 26.1 Å². The number of hydrogen-bond acceptors (Lipinski definition) is 3. The molecule has 1 aromatic rings. The van der Waals surface area contributed by atoms with Crippen LogP contribution in [0.15, 0.2) is 6.07 Å². The quantitative estimate of drug-likeness (QED) is 0.720. The van der Waals surface area contributed by atoms with Crippen LogP contribution >= 0.6 is 22.6 Å². The van der Waals surface area contributed by atoms with Gasteiger partial charge in [-0.1, -0.05) is 0 Å². The second-order valence-electron chi connectivity index (χ2n) is 5.60. The molecule has 0 unspecified atom stereocenters. The third-order valence-corrected chi connectivity index (χ3v) is 3.80. The minimum atomic E-state index is -0.428. The lowest BCUT2D eigenvalue weighted by molar-refractivity contribution is 0.00784. The Morgan fingerprint density at radius 1 is 1.50 bits per heavy atom. The number of ether oxygens (including phenoxy) is 1. The van der Waals surface area contributed by atoms with E-state index in [0.29, 0.717) is 19.0 Å². The van der Waals surface area contributed by atoms with Crippen molar-refractivity contribution >= 4 is 28.7 Å². The molecule has 1 amide bonds. The summed E-state index contributed by atoms with van der Waals surface area (Å²) in [4.78, 5) is 13.5. The van der Waals surface area contributed by atoms with E-state index in [1.807, 2.05) is 32.5 Å². The lowest BCUT2D eigenvalue weighted by Crippen LogP contribution is -2.50. The number of carbonyl (C=O) groups excluding carboxylic acids is 1. The first-order valence-corrected chi connectivity index (χ1v) is 7.01. The molecule has 1 aliphatic heterocycles. The van der Waals surface area contributed by atoms with Gasteiger partial charge in [0.15, 0.2) is 0 Å². The highest BCUT2D eigenvalue weighted by Crippen LogP contribution is 2.28. The third-order valence-electron chi connectivity index (χ3n) is 2.79. The van der Waals surface area contributed by atoms with Gasteiger partial charge in [0.2, 0.25) is 0 Å². The lowest BCUT2D eigenvalue weighted by atomic mass is 9.97. The first-order chi connectivity index (χ1) is 8.26. The van der Waals surface area contributed by atoms with Gasteiger partial charge in [-0.15, -0.1) is 0 Å². The average Bonchev–Trinajstić information content (AvgIpc) is 2.40. The molecular weight excluding hydrogens is 345 g/mol. The molecule has 1 fully saturated rings. The van der Waals surface area contributed by atoms with Crippen molar-refractivity contribution in [2.45, 2.75) is 32.3 Å². The van der Waals surface area contributed by atoms with Gasteiger partial charge in [-0.05, 0) is 49.4 Å². The van der Waals surface area contributed by atoms with E-state index in [1.165, 1.54) is 0 Å². The van der Waals surface area contributed by atoms with Crippen LogP contribution in [0.25, 0.3) is 0 Å². The Balaban J connectivity index is 1.89. The Morgan fingerprint density at radius 2 is 2.11 bits per heavy atom. The van der Waals surface area contributed by atoms with Crippen LogP contribution in [0, 0.1) is 3.70 Å². The van der Waals surface area contributed by atoms with Crippen LogP contribution in [-0.2, 0) is 11.8 Å². The molecule has 1 aliphatic rings. The van der Waals surface area contributed by atoms with Crippen molar-refractivity contribution in [2.75, 3.05) is 13.1 Å². The number of halogens is 1. The highest BCUT2D eigenvalue weighted by Gasteiger charge is 2.35. The number of amides is 1. The second kappa shape index (κ2) is 4.71. The van der Waals surface area contributed by atoms with Crippen molar-refractivity contribution in [3.05, 3.63) is 15.5 Å². The van der Waals surface area contributed by atoms with Crippen LogP contribution in [0.3, 0.4) is 0 Å². The maximum Gasteiger partial charge on any atom is 0.410 e. The normalized spacial score (nSPS) is 16.6. The van der Waals surface area contributed by atoms with Gasteiger partial charge < -0.3 is 9.64 Å². The first-order valence-electron chi connectivity index (χ1n) is 5.93. The number of aryl methyl sites for hydroxylation is 1. The van der Waals surface area contributed by atoms with Gasteiger partial charge in [0.1, 0.15) is 5.60 Å². The lowest BCUT2D eigenvalue weighted by Gasteiger charge is -2.38. The highest BCUT2D eigenvalue weighted by atomic mass is 127. The molecule has 0 aliphatic carbocycles. The van der Waals surface area contributed by atoms with Crippen LogP contribution < -0.4 is 0 Å². The SMILES string of the molecule is Cn1nc(C2CN(C(=O)OC(C)(C)C)C2)cc1I. The van der Waals surface area contributed by atoms with Crippen LogP contribution in [-0.4, -0.2) is 39.5 Å². The highest BCUT2D eigenvalue weighted by molar-refractivity contribution is 14.1. The summed E-state index contributed by atoms with van der Waals surface area (Å²) in [6.07, 6.45) is -0.232. The van der Waals surface area contributed by atoms with E-state index in [9.17, 15) is 4.79 Å². The predicted octanol–water partition coefficient (Wildman–Crippen LogP) is 2.36. The minimum Gasteiger partial charge on any atom is -0.444 e. The molecule has 6 heteroatoms. The Labute approximate surface area is 121 Å². The monoisotopic (exact) mass is 363 g/mol. The van der Waals surface area contributed by atoms with Crippen LogP contribution in [0.1, 0.15) is 32.4 Å². The van der Waals surface area contributed by atoms with E-state index in [1.54, 1.807) is 4.90 Å². The van der Waals surface area contributed by atoms with E-state index in [0.717, 1.165) is 9.39 Å². The molecule has 100 valence electrons. The fourth-order valence-corrected chi connectivity index (χ4v) is 2.23. The molecular formula is C12H18IN3O2. The van der Waals surface area contributed by atoms with Crippen molar-refractivity contribution in [2.24, 2.45) is 7.05 Å². The Morgan fingerprint density at radius 3 is 2.56 bits per heavy atom. The molecule has 0 aromatic carbocycles. The number of carbonyl (C=O) groups is 1. The number of rotatable bonds is 1. The number of hydrogen-bond donors (Lipinski definition) is 0. The van der Waals surface area contributed by atoms with E-state index < -0.39 is 5.60 Å². The van der Waals surface area contributed by atoms with Gasteiger partial charge >= 0.3 is 6.09 Å². The molecule has 1 saturated heterocycles. The summed E-state index contributed by atoms with van der Waals surface area (Å²) in [6, 6.07) is 2.07. The molecule has 0 N–H and O–H groups in total. The van der Waals surface area contributed by atoms with Crippen molar-refractivity contribution < 1.29 is 9.53 Å². The summed E-state index contributed by atoms with van der Waals surface area (Å²) in [5.74, 6) is 0.340. The third kappa shape index (κ3) is 2.96. The minimum absolute atomic E-state index is 0.232. The molecule has 1 aromatic heterocycles. The maximum absolute atomic E-state index is 11.8. The summed E-state index contributed by atoms with van der Waals surface area (Å²) in [5.41, 5.74) is 0.629. The fraction of sp³-hybridized carbons (Fsp3) is 0.667. The molecule has 18 heavy (non-hydrogen) atoms. The summed E-state index contributed by atoms with van der Waals surface area (Å²) >= 11 is 2.25. The summed E-state index contributed by atoms with van der Waals surface area (Å²) < 4.78 is 8.28. The van der Waals surface area contributed by atoms with Gasteiger partial charge in [-0.3, -0.25) is 4.68 Å². The summed E-state index contributed by atoms with van der Waals surface area (Å²) in [7, 11) is 1.93. The second-order valence-corrected chi connectivity index (χ2v) is 6.70. The van der Waals surface area contributed by atoms with E-state index >= 15 is 0 Å². The van der Waals surface area contributed by atoms with Crippen LogP contribution in [0.4, 0.5) is 4.79 Å². The van der Waals surface area contributed by atoms with Gasteiger partial charge in [0.05, 0.1) is 9.39 Å². The molecule has 0 spiro atoms. The van der Waals surface area contributed by atoms with Crippen molar-refractivity contribution in [1.82, 2.24) is 14.7 Å². The van der Waals surface area contributed by atoms with Gasteiger partial charge in [0.25, 0.3) is 0 Å². The zero-order valence-electron chi connectivity index (χ0n) is 11.1. The standard InChI is InChI=1S/C12H18IN3O2/c1-12(2,3)18-11(17)16-6-8(7-16)9-5-10(13)15(4)14-9/h5,8H,6-7H2,1-4H3. The molecule has 0 atom stereocenters.